The van der Waals surface area contributed by atoms with E-state index in [1.165, 1.54) is 0 Å². The molecule has 0 saturated heterocycles. The second-order valence-corrected chi connectivity index (χ2v) is 4.51. The first-order valence-electron chi connectivity index (χ1n) is 4.94. The molecule has 0 unspecified atom stereocenters. The summed E-state index contributed by atoms with van der Waals surface area (Å²) in [5, 5.41) is 0. The number of benzene rings is 1. The molecular formula is C12H11BrN2O. The third-order valence-electron chi connectivity index (χ3n) is 2.37. The van der Waals surface area contributed by atoms with E-state index in [4.69, 9.17) is 0 Å². The quantitative estimate of drug-likeness (QED) is 0.878. The molecule has 0 aliphatic carbocycles. The number of rotatable bonds is 3. The van der Waals surface area contributed by atoms with Gasteiger partial charge in [0.1, 0.15) is 5.82 Å². The van der Waals surface area contributed by atoms with Gasteiger partial charge in [-0.05, 0) is 24.6 Å². The monoisotopic (exact) mass is 278 g/mol. The molecule has 2 aromatic rings. The van der Waals surface area contributed by atoms with Crippen LogP contribution in [0.5, 0.6) is 0 Å². The maximum Gasteiger partial charge on any atom is 0.170 e. The average Bonchev–Trinajstić information content (AvgIpc) is 2.70. The Bertz CT molecular complexity index is 506. The van der Waals surface area contributed by atoms with Crippen LogP contribution < -0.4 is 0 Å². The van der Waals surface area contributed by atoms with Crippen molar-refractivity contribution in [1.82, 2.24) is 9.97 Å². The zero-order chi connectivity index (χ0) is 11.5. The van der Waals surface area contributed by atoms with Crippen LogP contribution in [0.1, 0.15) is 21.7 Å². The van der Waals surface area contributed by atoms with Crippen molar-refractivity contribution in [3.05, 3.63) is 52.0 Å². The predicted molar refractivity (Wildman–Crippen MR) is 65.5 cm³/mol. The third-order valence-corrected chi connectivity index (χ3v) is 2.86. The summed E-state index contributed by atoms with van der Waals surface area (Å²) in [6, 6.07) is 5.66. The Morgan fingerprint density at radius 1 is 1.50 bits per heavy atom. The van der Waals surface area contributed by atoms with E-state index in [9.17, 15) is 4.79 Å². The SMILES string of the molecule is Cc1cc(Br)ccc1C(=O)Cc1ncc[nH]1. The second-order valence-electron chi connectivity index (χ2n) is 3.60. The molecule has 0 bridgehead atoms. The Kier molecular flexibility index (Phi) is 3.19. The summed E-state index contributed by atoms with van der Waals surface area (Å²) in [6.07, 6.45) is 3.68. The van der Waals surface area contributed by atoms with Crippen molar-refractivity contribution >= 4 is 21.7 Å². The van der Waals surface area contributed by atoms with Crippen LogP contribution in [0.4, 0.5) is 0 Å². The van der Waals surface area contributed by atoms with E-state index >= 15 is 0 Å². The van der Waals surface area contributed by atoms with Gasteiger partial charge in [0.15, 0.2) is 5.78 Å². The van der Waals surface area contributed by atoms with Crippen molar-refractivity contribution in [2.75, 3.05) is 0 Å². The number of aryl methyl sites for hydroxylation is 1. The molecule has 0 radical (unpaired) electrons. The lowest BCUT2D eigenvalue weighted by atomic mass is 10.0. The highest BCUT2D eigenvalue weighted by molar-refractivity contribution is 9.10. The first kappa shape index (κ1) is 11.1. The van der Waals surface area contributed by atoms with Gasteiger partial charge >= 0.3 is 0 Å². The van der Waals surface area contributed by atoms with Crippen LogP contribution in [-0.2, 0) is 6.42 Å². The molecule has 0 aliphatic heterocycles. The minimum Gasteiger partial charge on any atom is -0.348 e. The average molecular weight is 279 g/mol. The molecule has 0 amide bonds. The normalized spacial score (nSPS) is 10.4. The van der Waals surface area contributed by atoms with Gasteiger partial charge in [-0.1, -0.05) is 22.0 Å². The standard InChI is InChI=1S/C12H11BrN2O/c1-8-6-9(13)2-3-10(8)11(16)7-12-14-4-5-15-12/h2-6H,7H2,1H3,(H,14,15). The molecule has 0 saturated carbocycles. The number of imidazole rings is 1. The van der Waals surface area contributed by atoms with Crippen molar-refractivity contribution in [2.45, 2.75) is 13.3 Å². The maximum atomic E-state index is 12.0. The van der Waals surface area contributed by atoms with Crippen LogP contribution in [0, 0.1) is 6.92 Å². The number of nitrogens with one attached hydrogen (secondary N) is 1. The van der Waals surface area contributed by atoms with Crippen LogP contribution in [0.15, 0.2) is 35.1 Å². The fourth-order valence-electron chi connectivity index (χ4n) is 1.58. The Labute approximate surface area is 102 Å². The first-order chi connectivity index (χ1) is 7.66. The minimum absolute atomic E-state index is 0.0833. The lowest BCUT2D eigenvalue weighted by Crippen LogP contribution is -2.06. The minimum atomic E-state index is 0.0833. The summed E-state index contributed by atoms with van der Waals surface area (Å²) in [7, 11) is 0. The fourth-order valence-corrected chi connectivity index (χ4v) is 2.06. The van der Waals surface area contributed by atoms with Gasteiger partial charge in [-0.25, -0.2) is 4.98 Å². The smallest absolute Gasteiger partial charge is 0.170 e. The number of aromatic nitrogens is 2. The first-order valence-corrected chi connectivity index (χ1v) is 5.74. The zero-order valence-corrected chi connectivity index (χ0v) is 10.4. The van der Waals surface area contributed by atoms with E-state index in [1.54, 1.807) is 12.4 Å². The molecule has 3 nitrogen and oxygen atoms in total. The fraction of sp³-hybridized carbons (Fsp3) is 0.167. The number of aromatic amines is 1. The number of carbonyl (C=O) groups excluding carboxylic acids is 1. The van der Waals surface area contributed by atoms with Gasteiger partial charge in [-0.3, -0.25) is 4.79 Å². The van der Waals surface area contributed by atoms with Crippen LogP contribution in [-0.4, -0.2) is 15.8 Å². The molecule has 1 aromatic carbocycles. The van der Waals surface area contributed by atoms with Crippen molar-refractivity contribution in [3.63, 3.8) is 0 Å². The van der Waals surface area contributed by atoms with Crippen LogP contribution >= 0.6 is 15.9 Å². The zero-order valence-electron chi connectivity index (χ0n) is 8.83. The number of nitrogens with zero attached hydrogens (tertiary/aromatic N) is 1. The topological polar surface area (TPSA) is 45.8 Å². The Morgan fingerprint density at radius 2 is 2.31 bits per heavy atom. The van der Waals surface area contributed by atoms with Gasteiger partial charge in [0.25, 0.3) is 0 Å². The van der Waals surface area contributed by atoms with Gasteiger partial charge < -0.3 is 4.98 Å². The molecule has 2 rings (SSSR count). The Morgan fingerprint density at radius 3 is 2.94 bits per heavy atom. The van der Waals surface area contributed by atoms with E-state index in [-0.39, 0.29) is 5.78 Å². The van der Waals surface area contributed by atoms with E-state index in [0.29, 0.717) is 12.2 Å². The molecule has 0 aliphatic rings. The van der Waals surface area contributed by atoms with Crippen LogP contribution in [0.3, 0.4) is 0 Å². The number of halogens is 1. The summed E-state index contributed by atoms with van der Waals surface area (Å²) in [6.45, 7) is 1.93. The van der Waals surface area contributed by atoms with Gasteiger partial charge in [-0.2, -0.15) is 0 Å². The lowest BCUT2D eigenvalue weighted by molar-refractivity contribution is 0.0990. The highest BCUT2D eigenvalue weighted by Crippen LogP contribution is 2.17. The summed E-state index contributed by atoms with van der Waals surface area (Å²) < 4.78 is 0.986. The van der Waals surface area contributed by atoms with Gasteiger partial charge in [0.05, 0.1) is 6.42 Å². The van der Waals surface area contributed by atoms with Crippen molar-refractivity contribution in [1.29, 1.82) is 0 Å². The number of ketones is 1. The molecular weight excluding hydrogens is 268 g/mol. The summed E-state index contributed by atoms with van der Waals surface area (Å²) in [4.78, 5) is 18.9. The van der Waals surface area contributed by atoms with Crippen molar-refractivity contribution < 1.29 is 4.79 Å². The highest BCUT2D eigenvalue weighted by atomic mass is 79.9. The van der Waals surface area contributed by atoms with Crippen LogP contribution in [0.2, 0.25) is 0 Å². The van der Waals surface area contributed by atoms with E-state index in [2.05, 4.69) is 25.9 Å². The molecule has 1 aromatic heterocycles. The number of carbonyl (C=O) groups is 1. The number of hydrogen-bond acceptors (Lipinski definition) is 2. The molecule has 4 heteroatoms. The predicted octanol–water partition coefficient (Wildman–Crippen LogP) is 2.91. The summed E-state index contributed by atoms with van der Waals surface area (Å²) in [5.74, 6) is 0.785. The second kappa shape index (κ2) is 4.61. The Balaban J connectivity index is 2.21. The molecule has 1 N–H and O–H groups in total. The van der Waals surface area contributed by atoms with Gasteiger partial charge in [0, 0.05) is 22.4 Å². The third kappa shape index (κ3) is 2.39. The number of hydrogen-bond donors (Lipinski definition) is 1. The Hall–Kier alpha value is -1.42. The molecule has 0 spiro atoms. The van der Waals surface area contributed by atoms with E-state index in [0.717, 1.165) is 15.6 Å². The van der Waals surface area contributed by atoms with Crippen LogP contribution in [0.25, 0.3) is 0 Å². The van der Waals surface area contributed by atoms with E-state index < -0.39 is 0 Å². The lowest BCUT2D eigenvalue weighted by Gasteiger charge is -2.04. The summed E-state index contributed by atoms with van der Waals surface area (Å²) >= 11 is 3.38. The van der Waals surface area contributed by atoms with Crippen molar-refractivity contribution in [2.24, 2.45) is 0 Å². The summed E-state index contributed by atoms with van der Waals surface area (Å²) in [5.41, 5.74) is 1.73. The maximum absolute atomic E-state index is 12.0. The molecule has 16 heavy (non-hydrogen) atoms. The van der Waals surface area contributed by atoms with Gasteiger partial charge in [0.2, 0.25) is 0 Å². The largest absolute Gasteiger partial charge is 0.348 e. The van der Waals surface area contributed by atoms with E-state index in [1.807, 2.05) is 25.1 Å². The molecule has 82 valence electrons. The highest BCUT2D eigenvalue weighted by Gasteiger charge is 2.11. The molecule has 1 heterocycles. The van der Waals surface area contributed by atoms with Crippen molar-refractivity contribution in [3.8, 4) is 0 Å². The molecule has 0 fully saturated rings. The number of H-pyrrole nitrogens is 1. The number of Topliss-reactive ketones (excluding diaryl/α,β-unsaturated/α-hetero) is 1. The molecule has 0 atom stereocenters. The van der Waals surface area contributed by atoms with Gasteiger partial charge in [-0.15, -0.1) is 0 Å².